The molecule has 0 bridgehead atoms. The number of unbranched alkanes of at least 4 members (excludes halogenated alkanes) is 1. The maximum atomic E-state index is 13.9. The van der Waals surface area contributed by atoms with Crippen molar-refractivity contribution in [3.8, 4) is 5.75 Å². The number of halogens is 1. The number of hydrogen-bond acceptors (Lipinski definition) is 3. The fourth-order valence-electron chi connectivity index (χ4n) is 1.87. The third kappa shape index (κ3) is 3.45. The molecule has 0 aliphatic carbocycles. The van der Waals surface area contributed by atoms with Gasteiger partial charge in [0.1, 0.15) is 11.6 Å². The van der Waals surface area contributed by atoms with E-state index in [0.29, 0.717) is 17.7 Å². The number of rotatable bonds is 6. The van der Waals surface area contributed by atoms with Crippen LogP contribution in [0.4, 0.5) is 4.39 Å². The van der Waals surface area contributed by atoms with Crippen molar-refractivity contribution >= 4 is 5.97 Å². The molecule has 0 radical (unpaired) electrons. The topological polar surface area (TPSA) is 35.5 Å². The third-order valence-electron chi connectivity index (χ3n) is 2.92. The normalized spacial score (nSPS) is 12.0. The van der Waals surface area contributed by atoms with Gasteiger partial charge in [0, 0.05) is 11.6 Å². The summed E-state index contributed by atoms with van der Waals surface area (Å²) in [6.45, 7) is 2.03. The lowest BCUT2D eigenvalue weighted by Crippen LogP contribution is -2.15. The zero-order chi connectivity index (χ0) is 13.5. The quantitative estimate of drug-likeness (QED) is 0.731. The second-order valence-corrected chi connectivity index (χ2v) is 4.11. The minimum Gasteiger partial charge on any atom is -0.497 e. The first-order valence-electron chi connectivity index (χ1n) is 6.05. The van der Waals surface area contributed by atoms with Crippen molar-refractivity contribution in [1.29, 1.82) is 0 Å². The highest BCUT2D eigenvalue weighted by molar-refractivity contribution is 5.78. The van der Waals surface area contributed by atoms with E-state index in [1.54, 1.807) is 12.1 Å². The van der Waals surface area contributed by atoms with E-state index in [4.69, 9.17) is 9.47 Å². The summed E-state index contributed by atoms with van der Waals surface area (Å²) < 4.78 is 23.6. The highest BCUT2D eigenvalue weighted by Gasteiger charge is 2.24. The zero-order valence-electron chi connectivity index (χ0n) is 11.0. The first-order chi connectivity index (χ1) is 8.63. The first-order valence-corrected chi connectivity index (χ1v) is 6.05. The van der Waals surface area contributed by atoms with Gasteiger partial charge in [-0.05, 0) is 12.5 Å². The number of ether oxygens (including phenoxy) is 2. The Bertz CT molecular complexity index is 404. The second-order valence-electron chi connectivity index (χ2n) is 4.11. The number of carbonyl (C=O) groups excluding carboxylic acids is 1. The van der Waals surface area contributed by atoms with Gasteiger partial charge in [0.2, 0.25) is 0 Å². The molecule has 4 heteroatoms. The molecule has 0 aromatic heterocycles. The number of carbonyl (C=O) groups is 1. The van der Waals surface area contributed by atoms with Gasteiger partial charge in [0.05, 0.1) is 20.1 Å². The summed E-state index contributed by atoms with van der Waals surface area (Å²) in [4.78, 5) is 11.7. The molecular formula is C14H19FO3. The molecule has 0 aliphatic rings. The van der Waals surface area contributed by atoms with Gasteiger partial charge in [0.25, 0.3) is 0 Å². The van der Waals surface area contributed by atoms with Crippen LogP contribution in [0.5, 0.6) is 5.75 Å². The van der Waals surface area contributed by atoms with E-state index in [-0.39, 0.29) is 0 Å². The average Bonchev–Trinajstić information content (AvgIpc) is 2.39. The van der Waals surface area contributed by atoms with Gasteiger partial charge in [-0.15, -0.1) is 0 Å². The van der Waals surface area contributed by atoms with E-state index >= 15 is 0 Å². The van der Waals surface area contributed by atoms with Crippen LogP contribution in [0.2, 0.25) is 0 Å². The molecule has 0 saturated heterocycles. The van der Waals surface area contributed by atoms with Crippen LogP contribution >= 0.6 is 0 Å². The van der Waals surface area contributed by atoms with Crippen LogP contribution in [0, 0.1) is 5.82 Å². The Morgan fingerprint density at radius 1 is 1.39 bits per heavy atom. The van der Waals surface area contributed by atoms with Crippen LogP contribution in [-0.2, 0) is 9.53 Å². The predicted molar refractivity (Wildman–Crippen MR) is 67.2 cm³/mol. The lowest BCUT2D eigenvalue weighted by atomic mass is 9.93. The smallest absolute Gasteiger partial charge is 0.313 e. The van der Waals surface area contributed by atoms with Gasteiger partial charge in [-0.25, -0.2) is 4.39 Å². The van der Waals surface area contributed by atoms with Crippen molar-refractivity contribution in [3.63, 3.8) is 0 Å². The summed E-state index contributed by atoms with van der Waals surface area (Å²) in [5, 5.41) is 0. The van der Waals surface area contributed by atoms with Crippen molar-refractivity contribution in [2.75, 3.05) is 14.2 Å². The SMILES string of the molecule is CCCCC(C(=O)OC)c1ccc(OC)cc1F. The molecular weight excluding hydrogens is 235 g/mol. The van der Waals surface area contributed by atoms with Gasteiger partial charge < -0.3 is 9.47 Å². The Hall–Kier alpha value is -1.58. The molecule has 0 heterocycles. The Morgan fingerprint density at radius 3 is 2.61 bits per heavy atom. The van der Waals surface area contributed by atoms with Crippen LogP contribution in [-0.4, -0.2) is 20.2 Å². The molecule has 1 aromatic carbocycles. The van der Waals surface area contributed by atoms with E-state index in [9.17, 15) is 9.18 Å². The van der Waals surface area contributed by atoms with E-state index < -0.39 is 17.7 Å². The Labute approximate surface area is 107 Å². The molecule has 0 saturated carbocycles. The average molecular weight is 254 g/mol. The second kappa shape index (κ2) is 6.99. The van der Waals surface area contributed by atoms with E-state index in [2.05, 4.69) is 0 Å². The molecule has 1 rings (SSSR count). The van der Waals surface area contributed by atoms with Gasteiger partial charge in [-0.1, -0.05) is 25.8 Å². The molecule has 1 atom stereocenters. The summed E-state index contributed by atoms with van der Waals surface area (Å²) in [7, 11) is 2.80. The Balaban J connectivity index is 3.00. The largest absolute Gasteiger partial charge is 0.497 e. The zero-order valence-corrected chi connectivity index (χ0v) is 11.0. The minimum atomic E-state index is -0.541. The lowest BCUT2D eigenvalue weighted by molar-refractivity contribution is -0.142. The highest BCUT2D eigenvalue weighted by Crippen LogP contribution is 2.28. The fraction of sp³-hybridized carbons (Fsp3) is 0.500. The Morgan fingerprint density at radius 2 is 2.11 bits per heavy atom. The molecule has 3 nitrogen and oxygen atoms in total. The number of methoxy groups -OCH3 is 2. The molecule has 0 fully saturated rings. The van der Waals surface area contributed by atoms with Crippen LogP contribution < -0.4 is 4.74 Å². The molecule has 1 unspecified atom stereocenters. The van der Waals surface area contributed by atoms with E-state index in [0.717, 1.165) is 12.8 Å². The Kier molecular flexibility index (Phi) is 5.62. The summed E-state index contributed by atoms with van der Waals surface area (Å²) in [5.41, 5.74) is 0.371. The monoisotopic (exact) mass is 254 g/mol. The van der Waals surface area contributed by atoms with Gasteiger partial charge in [0.15, 0.2) is 0 Å². The van der Waals surface area contributed by atoms with Gasteiger partial charge in [-0.2, -0.15) is 0 Å². The molecule has 1 aromatic rings. The van der Waals surface area contributed by atoms with Crippen LogP contribution in [0.1, 0.15) is 37.7 Å². The number of esters is 1. The van der Waals surface area contributed by atoms with Crippen LogP contribution in [0.15, 0.2) is 18.2 Å². The summed E-state index contributed by atoms with van der Waals surface area (Å²) in [6.07, 6.45) is 2.39. The molecule has 0 spiro atoms. The van der Waals surface area contributed by atoms with E-state index in [1.807, 2.05) is 6.92 Å². The summed E-state index contributed by atoms with van der Waals surface area (Å²) in [5.74, 6) is -0.926. The molecule has 0 amide bonds. The molecule has 18 heavy (non-hydrogen) atoms. The van der Waals surface area contributed by atoms with E-state index in [1.165, 1.54) is 20.3 Å². The first kappa shape index (κ1) is 14.5. The standard InChI is InChI=1S/C14H19FO3/c1-4-5-6-12(14(16)18-3)11-8-7-10(17-2)9-13(11)15/h7-9,12H,4-6H2,1-3H3. The van der Waals surface area contributed by atoms with Gasteiger partial charge >= 0.3 is 5.97 Å². The summed E-state index contributed by atoms with van der Waals surface area (Å²) in [6, 6.07) is 4.53. The predicted octanol–water partition coefficient (Wildman–Crippen LogP) is 3.28. The highest BCUT2D eigenvalue weighted by atomic mass is 19.1. The number of hydrogen-bond donors (Lipinski definition) is 0. The molecule has 0 N–H and O–H groups in total. The minimum absolute atomic E-state index is 0.371. The lowest BCUT2D eigenvalue weighted by Gasteiger charge is -2.16. The molecule has 0 aliphatic heterocycles. The maximum absolute atomic E-state index is 13.9. The maximum Gasteiger partial charge on any atom is 0.313 e. The van der Waals surface area contributed by atoms with Crippen molar-refractivity contribution < 1.29 is 18.7 Å². The number of benzene rings is 1. The van der Waals surface area contributed by atoms with Crippen molar-refractivity contribution in [2.45, 2.75) is 32.1 Å². The fourth-order valence-corrected chi connectivity index (χ4v) is 1.87. The molecule has 100 valence electrons. The van der Waals surface area contributed by atoms with Crippen molar-refractivity contribution in [1.82, 2.24) is 0 Å². The van der Waals surface area contributed by atoms with Crippen LogP contribution in [0.3, 0.4) is 0 Å². The van der Waals surface area contributed by atoms with Crippen LogP contribution in [0.25, 0.3) is 0 Å². The van der Waals surface area contributed by atoms with Crippen molar-refractivity contribution in [2.24, 2.45) is 0 Å². The van der Waals surface area contributed by atoms with Crippen molar-refractivity contribution in [3.05, 3.63) is 29.6 Å². The third-order valence-corrected chi connectivity index (χ3v) is 2.92. The van der Waals surface area contributed by atoms with Gasteiger partial charge in [-0.3, -0.25) is 4.79 Å². The summed E-state index contributed by atoms with van der Waals surface area (Å²) >= 11 is 0.